The molecule has 0 radical (unpaired) electrons. The van der Waals surface area contributed by atoms with Crippen molar-refractivity contribution in [1.29, 1.82) is 0 Å². The van der Waals surface area contributed by atoms with Crippen molar-refractivity contribution >= 4 is 33.2 Å². The van der Waals surface area contributed by atoms with E-state index in [-0.39, 0.29) is 17.3 Å². The second-order valence-electron chi connectivity index (χ2n) is 6.61. The molecule has 0 spiro atoms. The highest BCUT2D eigenvalue weighted by Gasteiger charge is 2.18. The lowest BCUT2D eigenvalue weighted by molar-refractivity contribution is -0.384. The Morgan fingerprint density at radius 2 is 2.10 bits per heavy atom. The minimum absolute atomic E-state index is 0.171. The van der Waals surface area contributed by atoms with E-state index in [0.717, 1.165) is 10.0 Å². The Balaban J connectivity index is 1.78. The minimum atomic E-state index is -0.523. The molecule has 0 aliphatic rings. The van der Waals surface area contributed by atoms with Crippen LogP contribution < -0.4 is 10.1 Å². The summed E-state index contributed by atoms with van der Waals surface area (Å²) in [4.78, 5) is 23.3. The second kappa shape index (κ2) is 8.87. The average Bonchev–Trinajstić information content (AvgIpc) is 3.08. The summed E-state index contributed by atoms with van der Waals surface area (Å²) >= 11 is 3.31. The Hall–Kier alpha value is -3.20. The van der Waals surface area contributed by atoms with E-state index < -0.39 is 10.8 Å². The van der Waals surface area contributed by atoms with Gasteiger partial charge in [-0.2, -0.15) is 5.10 Å². The summed E-state index contributed by atoms with van der Waals surface area (Å²) in [6.07, 6.45) is 3.41. The van der Waals surface area contributed by atoms with Crippen LogP contribution in [0.25, 0.3) is 0 Å². The van der Waals surface area contributed by atoms with Gasteiger partial charge in [-0.15, -0.1) is 0 Å². The average molecular weight is 459 g/mol. The van der Waals surface area contributed by atoms with Crippen molar-refractivity contribution in [3.8, 4) is 11.5 Å². The fourth-order valence-corrected chi connectivity index (χ4v) is 3.01. The molecule has 1 N–H and O–H groups in total. The van der Waals surface area contributed by atoms with Crippen LogP contribution in [0.3, 0.4) is 0 Å². The number of hydrogen-bond donors (Lipinski definition) is 1. The van der Waals surface area contributed by atoms with Gasteiger partial charge in [-0.1, -0.05) is 25.1 Å². The number of ether oxygens (including phenoxy) is 1. The summed E-state index contributed by atoms with van der Waals surface area (Å²) in [5.74, 6) is 0.177. The smallest absolute Gasteiger partial charge is 0.275 e. The van der Waals surface area contributed by atoms with Gasteiger partial charge in [-0.25, -0.2) is 0 Å². The van der Waals surface area contributed by atoms with Crippen LogP contribution in [-0.2, 0) is 11.3 Å². The number of carbonyl (C=O) groups is 1. The van der Waals surface area contributed by atoms with Crippen molar-refractivity contribution in [2.45, 2.75) is 20.4 Å². The Morgan fingerprint density at radius 3 is 2.76 bits per heavy atom. The normalized spacial score (nSPS) is 11.7. The van der Waals surface area contributed by atoms with Crippen LogP contribution in [0, 0.1) is 23.0 Å². The van der Waals surface area contributed by atoms with E-state index in [1.165, 1.54) is 12.1 Å². The SMILES string of the molecule is Cc1ccccc1Oc1cc(NC(=O)C(C)Cn2cc(Br)cn2)cc([N+](=O)[O-])c1. The summed E-state index contributed by atoms with van der Waals surface area (Å²) < 4.78 is 8.27. The van der Waals surface area contributed by atoms with E-state index >= 15 is 0 Å². The molecule has 0 saturated heterocycles. The Bertz CT molecular complexity index is 1050. The van der Waals surface area contributed by atoms with Gasteiger partial charge in [0.15, 0.2) is 0 Å². The second-order valence-corrected chi connectivity index (χ2v) is 7.53. The van der Waals surface area contributed by atoms with E-state index in [1.807, 2.05) is 25.1 Å². The van der Waals surface area contributed by atoms with E-state index in [1.54, 1.807) is 36.1 Å². The van der Waals surface area contributed by atoms with Crippen molar-refractivity contribution in [2.75, 3.05) is 5.32 Å². The highest BCUT2D eigenvalue weighted by atomic mass is 79.9. The number of non-ortho nitro benzene ring substituents is 1. The molecule has 29 heavy (non-hydrogen) atoms. The molecule has 1 aromatic heterocycles. The highest BCUT2D eigenvalue weighted by molar-refractivity contribution is 9.10. The van der Waals surface area contributed by atoms with Crippen molar-refractivity contribution in [2.24, 2.45) is 5.92 Å². The zero-order chi connectivity index (χ0) is 21.0. The number of rotatable bonds is 7. The lowest BCUT2D eigenvalue weighted by Crippen LogP contribution is -2.24. The van der Waals surface area contributed by atoms with Gasteiger partial charge in [-0.05, 0) is 34.5 Å². The summed E-state index contributed by atoms with van der Waals surface area (Å²) in [6, 6.07) is 11.5. The molecule has 3 rings (SSSR count). The lowest BCUT2D eigenvalue weighted by atomic mass is 10.1. The predicted molar refractivity (Wildman–Crippen MR) is 112 cm³/mol. The summed E-state index contributed by atoms with van der Waals surface area (Å²) in [6.45, 7) is 4.01. The van der Waals surface area contributed by atoms with Crippen molar-refractivity contribution in [3.05, 3.63) is 75.0 Å². The number of nitro groups is 1. The number of aryl methyl sites for hydroxylation is 1. The first-order valence-corrected chi connectivity index (χ1v) is 9.63. The largest absolute Gasteiger partial charge is 0.457 e. The number of para-hydroxylation sites is 1. The maximum absolute atomic E-state index is 12.6. The monoisotopic (exact) mass is 458 g/mol. The number of halogens is 1. The zero-order valence-electron chi connectivity index (χ0n) is 15.8. The molecule has 8 nitrogen and oxygen atoms in total. The van der Waals surface area contributed by atoms with Crippen LogP contribution in [0.5, 0.6) is 11.5 Å². The van der Waals surface area contributed by atoms with Gasteiger partial charge in [0.25, 0.3) is 5.69 Å². The topological polar surface area (TPSA) is 99.3 Å². The number of nitro benzene ring substituents is 1. The van der Waals surface area contributed by atoms with Gasteiger partial charge in [0, 0.05) is 18.3 Å². The number of nitrogens with zero attached hydrogens (tertiary/aromatic N) is 3. The molecule has 1 unspecified atom stereocenters. The fraction of sp³-hybridized carbons (Fsp3) is 0.200. The molecule has 0 saturated carbocycles. The van der Waals surface area contributed by atoms with Crippen LogP contribution in [0.1, 0.15) is 12.5 Å². The van der Waals surface area contributed by atoms with E-state index in [9.17, 15) is 14.9 Å². The zero-order valence-corrected chi connectivity index (χ0v) is 17.4. The molecular formula is C20H19BrN4O4. The standard InChI is InChI=1S/C20H19BrN4O4/c1-13-5-3-4-6-19(13)29-18-8-16(7-17(9-18)25(27)28)23-20(26)14(2)11-24-12-15(21)10-22-24/h3-10,12,14H,11H2,1-2H3,(H,23,26). The summed E-state index contributed by atoms with van der Waals surface area (Å²) in [5, 5.41) is 18.2. The number of aromatic nitrogens is 2. The first-order valence-electron chi connectivity index (χ1n) is 8.83. The Morgan fingerprint density at radius 1 is 1.34 bits per heavy atom. The number of nitrogens with one attached hydrogen (secondary N) is 1. The number of carbonyl (C=O) groups excluding carboxylic acids is 1. The third kappa shape index (κ3) is 5.41. The maximum Gasteiger partial charge on any atom is 0.275 e. The molecule has 0 fully saturated rings. The van der Waals surface area contributed by atoms with Crippen molar-refractivity contribution in [1.82, 2.24) is 9.78 Å². The Kier molecular flexibility index (Phi) is 6.28. The highest BCUT2D eigenvalue weighted by Crippen LogP contribution is 2.31. The predicted octanol–water partition coefficient (Wildman–Crippen LogP) is 4.93. The molecule has 0 bridgehead atoms. The third-order valence-electron chi connectivity index (χ3n) is 4.20. The maximum atomic E-state index is 12.6. The van der Waals surface area contributed by atoms with Crippen molar-refractivity contribution < 1.29 is 14.5 Å². The lowest BCUT2D eigenvalue weighted by Gasteiger charge is -2.14. The minimum Gasteiger partial charge on any atom is -0.457 e. The van der Waals surface area contributed by atoms with Crippen molar-refractivity contribution in [3.63, 3.8) is 0 Å². The third-order valence-corrected chi connectivity index (χ3v) is 4.61. The van der Waals surface area contributed by atoms with Gasteiger partial charge in [0.1, 0.15) is 11.5 Å². The van der Waals surface area contributed by atoms with Crippen LogP contribution in [-0.4, -0.2) is 20.6 Å². The van der Waals surface area contributed by atoms with Gasteiger partial charge >= 0.3 is 0 Å². The summed E-state index contributed by atoms with van der Waals surface area (Å²) in [5.41, 5.74) is 1.01. The van der Waals surface area contributed by atoms with E-state index in [0.29, 0.717) is 18.0 Å². The molecule has 150 valence electrons. The summed E-state index contributed by atoms with van der Waals surface area (Å²) in [7, 11) is 0. The van der Waals surface area contributed by atoms with E-state index in [4.69, 9.17) is 4.74 Å². The number of anilines is 1. The van der Waals surface area contributed by atoms with Gasteiger partial charge < -0.3 is 10.1 Å². The van der Waals surface area contributed by atoms with Crippen LogP contribution in [0.15, 0.2) is 59.3 Å². The number of benzene rings is 2. The van der Waals surface area contributed by atoms with Crippen LogP contribution >= 0.6 is 15.9 Å². The molecule has 3 aromatic rings. The number of amides is 1. The molecule has 1 atom stereocenters. The molecule has 0 aliphatic heterocycles. The molecule has 1 heterocycles. The first kappa shape index (κ1) is 20.5. The molecule has 0 aliphatic carbocycles. The quantitative estimate of drug-likeness (QED) is 0.399. The molecule has 2 aromatic carbocycles. The van der Waals surface area contributed by atoms with Crippen LogP contribution in [0.4, 0.5) is 11.4 Å². The van der Waals surface area contributed by atoms with Gasteiger partial charge in [-0.3, -0.25) is 19.6 Å². The first-order chi connectivity index (χ1) is 13.8. The fourth-order valence-electron chi connectivity index (χ4n) is 2.68. The molecule has 9 heteroatoms. The molecular weight excluding hydrogens is 440 g/mol. The molecule has 1 amide bonds. The van der Waals surface area contributed by atoms with Gasteiger partial charge in [0.2, 0.25) is 5.91 Å². The Labute approximate surface area is 175 Å². The van der Waals surface area contributed by atoms with E-state index in [2.05, 4.69) is 26.3 Å². The van der Waals surface area contributed by atoms with Crippen LogP contribution in [0.2, 0.25) is 0 Å². The number of hydrogen-bond acceptors (Lipinski definition) is 5. The van der Waals surface area contributed by atoms with Gasteiger partial charge in [0.05, 0.1) is 39.8 Å².